The van der Waals surface area contributed by atoms with Gasteiger partial charge in [0.05, 0.1) is 18.1 Å². The van der Waals surface area contributed by atoms with Crippen molar-refractivity contribution < 1.29 is 4.79 Å². The van der Waals surface area contributed by atoms with Crippen LogP contribution < -0.4 is 10.2 Å². The van der Waals surface area contributed by atoms with Gasteiger partial charge in [0.1, 0.15) is 5.82 Å². The van der Waals surface area contributed by atoms with Crippen LogP contribution in [0.4, 0.5) is 16.2 Å². The van der Waals surface area contributed by atoms with Crippen LogP contribution in [0.2, 0.25) is 0 Å². The number of hydrogen-bond acceptors (Lipinski definition) is 4. The summed E-state index contributed by atoms with van der Waals surface area (Å²) in [4.78, 5) is 25.0. The van der Waals surface area contributed by atoms with E-state index in [1.807, 2.05) is 36.4 Å². The van der Waals surface area contributed by atoms with Crippen molar-refractivity contribution in [2.24, 2.45) is 0 Å². The van der Waals surface area contributed by atoms with Gasteiger partial charge in [-0.25, -0.2) is 14.8 Å². The Morgan fingerprint density at radius 2 is 1.64 bits per heavy atom. The Kier molecular flexibility index (Phi) is 5.16. The molecule has 3 rings (SSSR count). The molecule has 1 N–H and O–H groups in total. The summed E-state index contributed by atoms with van der Waals surface area (Å²) >= 11 is 0. The van der Waals surface area contributed by atoms with Crippen LogP contribution in [0, 0.1) is 6.92 Å². The number of amides is 2. The summed E-state index contributed by atoms with van der Waals surface area (Å²) in [6.07, 6.45) is 3.68. The molecular formula is C19H25N5O. The van der Waals surface area contributed by atoms with Gasteiger partial charge in [-0.1, -0.05) is 26.0 Å². The van der Waals surface area contributed by atoms with E-state index in [1.54, 1.807) is 0 Å². The number of rotatable bonds is 3. The second-order valence-electron chi connectivity index (χ2n) is 6.67. The first-order chi connectivity index (χ1) is 12.0. The van der Waals surface area contributed by atoms with Crippen LogP contribution in [0.1, 0.15) is 31.2 Å². The Morgan fingerprint density at radius 3 is 2.20 bits per heavy atom. The Labute approximate surface area is 148 Å². The molecule has 0 aliphatic carbocycles. The largest absolute Gasteiger partial charge is 0.365 e. The van der Waals surface area contributed by atoms with Crippen LogP contribution in [0.3, 0.4) is 0 Å². The van der Waals surface area contributed by atoms with E-state index in [9.17, 15) is 4.79 Å². The maximum atomic E-state index is 12.4. The minimum atomic E-state index is -0.0443. The molecule has 0 atom stereocenters. The summed E-state index contributed by atoms with van der Waals surface area (Å²) in [5.74, 6) is 1.26. The Hall–Kier alpha value is -2.63. The molecule has 25 heavy (non-hydrogen) atoms. The van der Waals surface area contributed by atoms with Crippen molar-refractivity contribution in [2.45, 2.75) is 26.7 Å². The summed E-state index contributed by atoms with van der Waals surface area (Å²) < 4.78 is 0. The SMILES string of the molecule is Cc1ncc(N2CCN(C(=O)Nc3ccc(C(C)C)cc3)CC2)cn1. The quantitative estimate of drug-likeness (QED) is 0.932. The number of nitrogens with zero attached hydrogens (tertiary/aromatic N) is 4. The predicted octanol–water partition coefficient (Wildman–Crippen LogP) is 3.26. The molecule has 1 aromatic heterocycles. The molecular weight excluding hydrogens is 314 g/mol. The number of aryl methyl sites for hydroxylation is 1. The van der Waals surface area contributed by atoms with Crippen LogP contribution in [0.5, 0.6) is 0 Å². The lowest BCUT2D eigenvalue weighted by atomic mass is 10.0. The zero-order valence-electron chi connectivity index (χ0n) is 15.1. The highest BCUT2D eigenvalue weighted by molar-refractivity contribution is 5.89. The van der Waals surface area contributed by atoms with E-state index in [2.05, 4.69) is 46.2 Å². The van der Waals surface area contributed by atoms with E-state index < -0.39 is 0 Å². The van der Waals surface area contributed by atoms with Crippen molar-refractivity contribution in [2.75, 3.05) is 36.4 Å². The zero-order valence-corrected chi connectivity index (χ0v) is 15.1. The van der Waals surface area contributed by atoms with Gasteiger partial charge >= 0.3 is 6.03 Å². The molecule has 1 aliphatic heterocycles. The minimum absolute atomic E-state index is 0.0443. The number of aromatic nitrogens is 2. The van der Waals surface area contributed by atoms with Crippen molar-refractivity contribution in [3.05, 3.63) is 48.0 Å². The van der Waals surface area contributed by atoms with E-state index in [1.165, 1.54) is 5.56 Å². The molecule has 2 amide bonds. The highest BCUT2D eigenvalue weighted by atomic mass is 16.2. The van der Waals surface area contributed by atoms with Crippen molar-refractivity contribution in [1.82, 2.24) is 14.9 Å². The number of benzene rings is 1. The Morgan fingerprint density at radius 1 is 1.04 bits per heavy atom. The Bertz CT molecular complexity index is 704. The third-order valence-corrected chi connectivity index (χ3v) is 4.53. The van der Waals surface area contributed by atoms with E-state index in [-0.39, 0.29) is 6.03 Å². The van der Waals surface area contributed by atoms with E-state index in [0.717, 1.165) is 30.3 Å². The molecule has 1 fully saturated rings. The first-order valence-electron chi connectivity index (χ1n) is 8.72. The average Bonchev–Trinajstić information content (AvgIpc) is 2.63. The second kappa shape index (κ2) is 7.51. The van der Waals surface area contributed by atoms with Gasteiger partial charge in [-0.05, 0) is 30.5 Å². The number of anilines is 2. The molecule has 132 valence electrons. The van der Waals surface area contributed by atoms with Crippen molar-refractivity contribution in [3.63, 3.8) is 0 Å². The van der Waals surface area contributed by atoms with E-state index in [4.69, 9.17) is 0 Å². The molecule has 2 aromatic rings. The summed E-state index contributed by atoms with van der Waals surface area (Å²) in [7, 11) is 0. The van der Waals surface area contributed by atoms with Crippen LogP contribution in [-0.4, -0.2) is 47.1 Å². The number of hydrogen-bond donors (Lipinski definition) is 1. The lowest BCUT2D eigenvalue weighted by molar-refractivity contribution is 0.208. The monoisotopic (exact) mass is 339 g/mol. The fraction of sp³-hybridized carbons (Fsp3) is 0.421. The molecule has 0 bridgehead atoms. The van der Waals surface area contributed by atoms with Crippen molar-refractivity contribution in [3.8, 4) is 0 Å². The molecule has 6 nitrogen and oxygen atoms in total. The summed E-state index contributed by atoms with van der Waals surface area (Å²) in [5, 5.41) is 2.98. The smallest absolute Gasteiger partial charge is 0.321 e. The maximum Gasteiger partial charge on any atom is 0.321 e. The molecule has 1 aliphatic rings. The fourth-order valence-electron chi connectivity index (χ4n) is 2.87. The first kappa shape index (κ1) is 17.2. The fourth-order valence-corrected chi connectivity index (χ4v) is 2.87. The minimum Gasteiger partial charge on any atom is -0.365 e. The van der Waals surface area contributed by atoms with Crippen LogP contribution in [-0.2, 0) is 0 Å². The number of nitrogens with one attached hydrogen (secondary N) is 1. The third-order valence-electron chi connectivity index (χ3n) is 4.53. The van der Waals surface area contributed by atoms with Crippen LogP contribution in [0.25, 0.3) is 0 Å². The van der Waals surface area contributed by atoms with E-state index in [0.29, 0.717) is 19.0 Å². The topological polar surface area (TPSA) is 61.4 Å². The average molecular weight is 339 g/mol. The number of carbonyl (C=O) groups excluding carboxylic acids is 1. The third kappa shape index (κ3) is 4.26. The molecule has 2 heterocycles. The highest BCUT2D eigenvalue weighted by Crippen LogP contribution is 2.18. The molecule has 0 unspecified atom stereocenters. The van der Waals surface area contributed by atoms with Crippen molar-refractivity contribution >= 4 is 17.4 Å². The summed E-state index contributed by atoms with van der Waals surface area (Å²) in [6.45, 7) is 9.13. The molecule has 6 heteroatoms. The van der Waals surface area contributed by atoms with Gasteiger partial charge in [0.25, 0.3) is 0 Å². The summed E-state index contributed by atoms with van der Waals surface area (Å²) in [6, 6.07) is 8.02. The van der Waals surface area contributed by atoms with Gasteiger partial charge in [0, 0.05) is 31.9 Å². The standard InChI is InChI=1S/C19H25N5O/c1-14(2)16-4-6-17(7-5-16)22-19(25)24-10-8-23(9-11-24)18-12-20-15(3)21-13-18/h4-7,12-14H,8-11H2,1-3H3,(H,22,25). The van der Waals surface area contributed by atoms with Gasteiger partial charge in [0.2, 0.25) is 0 Å². The molecule has 1 aromatic carbocycles. The van der Waals surface area contributed by atoms with Crippen LogP contribution in [0.15, 0.2) is 36.7 Å². The zero-order chi connectivity index (χ0) is 17.8. The maximum absolute atomic E-state index is 12.4. The number of piperazine rings is 1. The van der Waals surface area contributed by atoms with Crippen LogP contribution >= 0.6 is 0 Å². The number of carbonyl (C=O) groups is 1. The lowest BCUT2D eigenvalue weighted by Crippen LogP contribution is -2.50. The first-order valence-corrected chi connectivity index (χ1v) is 8.72. The molecule has 0 spiro atoms. The highest BCUT2D eigenvalue weighted by Gasteiger charge is 2.21. The summed E-state index contributed by atoms with van der Waals surface area (Å²) in [5.41, 5.74) is 3.12. The van der Waals surface area contributed by atoms with Gasteiger partial charge in [-0.2, -0.15) is 0 Å². The molecule has 1 saturated heterocycles. The van der Waals surface area contributed by atoms with E-state index >= 15 is 0 Å². The Balaban J connectivity index is 1.53. The molecule has 0 radical (unpaired) electrons. The van der Waals surface area contributed by atoms with Gasteiger partial charge < -0.3 is 15.1 Å². The van der Waals surface area contributed by atoms with Gasteiger partial charge in [-0.3, -0.25) is 0 Å². The van der Waals surface area contributed by atoms with Gasteiger partial charge in [0.15, 0.2) is 0 Å². The number of urea groups is 1. The lowest BCUT2D eigenvalue weighted by Gasteiger charge is -2.35. The van der Waals surface area contributed by atoms with Gasteiger partial charge in [-0.15, -0.1) is 0 Å². The normalized spacial score (nSPS) is 14.7. The molecule has 0 saturated carbocycles. The predicted molar refractivity (Wildman–Crippen MR) is 100 cm³/mol. The second-order valence-corrected chi connectivity index (χ2v) is 6.67. The van der Waals surface area contributed by atoms with Crippen molar-refractivity contribution in [1.29, 1.82) is 0 Å².